The van der Waals surface area contributed by atoms with Crippen molar-refractivity contribution in [1.29, 1.82) is 0 Å². The summed E-state index contributed by atoms with van der Waals surface area (Å²) in [5, 5.41) is 3.51. The van der Waals surface area contributed by atoms with Crippen LogP contribution in [0.5, 0.6) is 0 Å². The fraction of sp³-hybridized carbons (Fsp3) is 0.538. The second kappa shape index (κ2) is 4.14. The predicted octanol–water partition coefficient (Wildman–Crippen LogP) is 2.79. The van der Waals surface area contributed by atoms with Gasteiger partial charge in [-0.05, 0) is 37.3 Å². The van der Waals surface area contributed by atoms with Crippen LogP contribution in [0.15, 0.2) is 30.3 Å². The zero-order valence-electron chi connectivity index (χ0n) is 9.03. The van der Waals surface area contributed by atoms with Crippen molar-refractivity contribution in [2.24, 2.45) is 5.92 Å². The molecule has 0 amide bonds. The Morgan fingerprint density at radius 2 is 2.07 bits per heavy atom. The van der Waals surface area contributed by atoms with Crippen LogP contribution in [-0.2, 0) is 0 Å². The smallest absolute Gasteiger partial charge is 0.00729 e. The third kappa shape index (κ3) is 1.98. The molecule has 14 heavy (non-hydrogen) atoms. The molecule has 76 valence electrons. The summed E-state index contributed by atoms with van der Waals surface area (Å²) in [7, 11) is 0. The Kier molecular flexibility index (Phi) is 2.87. The maximum atomic E-state index is 3.51. The topological polar surface area (TPSA) is 12.0 Å². The molecule has 1 heteroatoms. The minimum absolute atomic E-state index is 0.671. The van der Waals surface area contributed by atoms with Gasteiger partial charge in [0.15, 0.2) is 0 Å². The quantitative estimate of drug-likeness (QED) is 0.768. The van der Waals surface area contributed by atoms with Crippen molar-refractivity contribution < 1.29 is 0 Å². The SMILES string of the molecule is CCNC(C)C1CC1c1ccccc1. The van der Waals surface area contributed by atoms with Crippen molar-refractivity contribution in [3.05, 3.63) is 35.9 Å². The first-order valence-electron chi connectivity index (χ1n) is 5.61. The molecule has 3 unspecified atom stereocenters. The van der Waals surface area contributed by atoms with Crippen molar-refractivity contribution >= 4 is 0 Å². The van der Waals surface area contributed by atoms with Crippen LogP contribution >= 0.6 is 0 Å². The van der Waals surface area contributed by atoms with E-state index in [-0.39, 0.29) is 0 Å². The van der Waals surface area contributed by atoms with E-state index in [4.69, 9.17) is 0 Å². The van der Waals surface area contributed by atoms with E-state index >= 15 is 0 Å². The summed E-state index contributed by atoms with van der Waals surface area (Å²) >= 11 is 0. The second-order valence-corrected chi connectivity index (χ2v) is 4.26. The molecule has 2 rings (SSSR count). The number of benzene rings is 1. The van der Waals surface area contributed by atoms with Crippen LogP contribution in [0.4, 0.5) is 0 Å². The highest BCUT2D eigenvalue weighted by Gasteiger charge is 2.41. The number of hydrogen-bond acceptors (Lipinski definition) is 1. The van der Waals surface area contributed by atoms with Gasteiger partial charge in [-0.3, -0.25) is 0 Å². The molecule has 0 saturated heterocycles. The van der Waals surface area contributed by atoms with Crippen LogP contribution in [0.3, 0.4) is 0 Å². The van der Waals surface area contributed by atoms with Crippen LogP contribution in [0.25, 0.3) is 0 Å². The Morgan fingerprint density at radius 3 is 2.71 bits per heavy atom. The lowest BCUT2D eigenvalue weighted by atomic mass is 10.1. The summed E-state index contributed by atoms with van der Waals surface area (Å²) in [6, 6.07) is 11.6. The van der Waals surface area contributed by atoms with Gasteiger partial charge in [0.25, 0.3) is 0 Å². The molecule has 1 fully saturated rings. The van der Waals surface area contributed by atoms with Gasteiger partial charge in [-0.2, -0.15) is 0 Å². The zero-order chi connectivity index (χ0) is 9.97. The molecule has 1 saturated carbocycles. The van der Waals surface area contributed by atoms with Crippen LogP contribution in [0.1, 0.15) is 31.7 Å². The fourth-order valence-corrected chi connectivity index (χ4v) is 2.32. The van der Waals surface area contributed by atoms with Crippen LogP contribution < -0.4 is 5.32 Å². The van der Waals surface area contributed by atoms with Crippen LogP contribution in [0, 0.1) is 5.92 Å². The summed E-state index contributed by atoms with van der Waals surface area (Å²) < 4.78 is 0. The average molecular weight is 189 g/mol. The molecular weight excluding hydrogens is 170 g/mol. The van der Waals surface area contributed by atoms with E-state index in [1.165, 1.54) is 12.0 Å². The lowest BCUT2D eigenvalue weighted by Crippen LogP contribution is -2.27. The van der Waals surface area contributed by atoms with Gasteiger partial charge in [-0.25, -0.2) is 0 Å². The molecule has 1 aliphatic carbocycles. The first-order chi connectivity index (χ1) is 6.83. The Bertz CT molecular complexity index is 281. The van der Waals surface area contributed by atoms with E-state index in [1.54, 1.807) is 0 Å². The standard InChI is InChI=1S/C13H19N/c1-3-14-10(2)12-9-13(12)11-7-5-4-6-8-11/h4-8,10,12-14H,3,9H2,1-2H3. The molecule has 0 radical (unpaired) electrons. The molecule has 0 aromatic heterocycles. The highest BCUT2D eigenvalue weighted by Crippen LogP contribution is 2.49. The molecule has 1 N–H and O–H groups in total. The highest BCUT2D eigenvalue weighted by molar-refractivity contribution is 5.26. The van der Waals surface area contributed by atoms with Crippen molar-refractivity contribution in [2.45, 2.75) is 32.2 Å². The average Bonchev–Trinajstić information content (AvgIpc) is 2.99. The predicted molar refractivity (Wildman–Crippen MR) is 60.4 cm³/mol. The molecule has 1 nitrogen and oxygen atoms in total. The van der Waals surface area contributed by atoms with Gasteiger partial charge >= 0.3 is 0 Å². The van der Waals surface area contributed by atoms with Crippen LogP contribution in [0.2, 0.25) is 0 Å². The third-order valence-corrected chi connectivity index (χ3v) is 3.24. The molecular formula is C13H19N. The molecule has 1 aromatic carbocycles. The fourth-order valence-electron chi connectivity index (χ4n) is 2.32. The first kappa shape index (κ1) is 9.72. The van der Waals surface area contributed by atoms with Gasteiger partial charge in [0.2, 0.25) is 0 Å². The molecule has 3 atom stereocenters. The molecule has 0 heterocycles. The van der Waals surface area contributed by atoms with E-state index in [1.807, 2.05) is 0 Å². The maximum Gasteiger partial charge on any atom is 0.00729 e. The molecule has 0 spiro atoms. The number of nitrogens with one attached hydrogen (secondary N) is 1. The summed E-state index contributed by atoms with van der Waals surface area (Å²) in [5.41, 5.74) is 1.52. The minimum atomic E-state index is 0.671. The van der Waals surface area contributed by atoms with Crippen molar-refractivity contribution in [3.8, 4) is 0 Å². The Labute approximate surface area is 86.5 Å². The third-order valence-electron chi connectivity index (χ3n) is 3.24. The van der Waals surface area contributed by atoms with E-state index in [9.17, 15) is 0 Å². The van der Waals surface area contributed by atoms with Gasteiger partial charge in [0.05, 0.1) is 0 Å². The van der Waals surface area contributed by atoms with E-state index in [0.29, 0.717) is 6.04 Å². The number of rotatable bonds is 4. The van der Waals surface area contributed by atoms with Gasteiger partial charge in [0.1, 0.15) is 0 Å². The summed E-state index contributed by atoms with van der Waals surface area (Å²) in [6.07, 6.45) is 1.36. The van der Waals surface area contributed by atoms with E-state index in [2.05, 4.69) is 49.5 Å². The largest absolute Gasteiger partial charge is 0.314 e. The molecule has 1 aliphatic rings. The first-order valence-corrected chi connectivity index (χ1v) is 5.61. The molecule has 0 bridgehead atoms. The van der Waals surface area contributed by atoms with Crippen molar-refractivity contribution in [2.75, 3.05) is 6.54 Å². The lowest BCUT2D eigenvalue weighted by Gasteiger charge is -2.11. The maximum absolute atomic E-state index is 3.51. The Morgan fingerprint density at radius 1 is 1.36 bits per heavy atom. The molecule has 0 aliphatic heterocycles. The monoisotopic (exact) mass is 189 g/mol. The van der Waals surface area contributed by atoms with Gasteiger partial charge in [-0.1, -0.05) is 37.3 Å². The summed E-state index contributed by atoms with van der Waals surface area (Å²) in [6.45, 7) is 5.56. The minimum Gasteiger partial charge on any atom is -0.314 e. The zero-order valence-corrected chi connectivity index (χ0v) is 9.03. The number of hydrogen-bond donors (Lipinski definition) is 1. The highest BCUT2D eigenvalue weighted by atomic mass is 14.9. The summed E-state index contributed by atoms with van der Waals surface area (Å²) in [5.74, 6) is 1.67. The van der Waals surface area contributed by atoms with Gasteiger partial charge in [-0.15, -0.1) is 0 Å². The van der Waals surface area contributed by atoms with Crippen molar-refractivity contribution in [1.82, 2.24) is 5.32 Å². The Balaban J connectivity index is 1.93. The van der Waals surface area contributed by atoms with Gasteiger partial charge in [0, 0.05) is 6.04 Å². The van der Waals surface area contributed by atoms with Crippen LogP contribution in [-0.4, -0.2) is 12.6 Å². The van der Waals surface area contributed by atoms with Crippen molar-refractivity contribution in [3.63, 3.8) is 0 Å². The van der Waals surface area contributed by atoms with E-state index in [0.717, 1.165) is 18.4 Å². The normalized spacial score (nSPS) is 27.3. The molecule has 1 aromatic rings. The second-order valence-electron chi connectivity index (χ2n) is 4.26. The van der Waals surface area contributed by atoms with E-state index < -0.39 is 0 Å². The lowest BCUT2D eigenvalue weighted by molar-refractivity contribution is 0.503. The Hall–Kier alpha value is -0.820. The van der Waals surface area contributed by atoms with Gasteiger partial charge < -0.3 is 5.32 Å². The summed E-state index contributed by atoms with van der Waals surface area (Å²) in [4.78, 5) is 0.